The molecule has 0 amide bonds. The molecule has 0 heterocycles. The molecule has 0 fully saturated rings. The van der Waals surface area contributed by atoms with Crippen LogP contribution in [0.25, 0.3) is 0 Å². The second-order valence-electron chi connectivity index (χ2n) is 4.82. The third kappa shape index (κ3) is 5.04. The van der Waals surface area contributed by atoms with Crippen LogP contribution in [0.4, 0.5) is 5.69 Å². The molecule has 1 unspecified atom stereocenters. The van der Waals surface area contributed by atoms with E-state index in [2.05, 4.69) is 19.2 Å². The Labute approximate surface area is 118 Å². The SMILES string of the molecule is CC(CNC(C)C)COc1c(Cl)cccc1[N+](=O)[O-]. The van der Waals surface area contributed by atoms with Gasteiger partial charge in [0.05, 0.1) is 16.6 Å². The van der Waals surface area contributed by atoms with Crippen LogP contribution in [0.5, 0.6) is 5.75 Å². The van der Waals surface area contributed by atoms with Crippen molar-refractivity contribution in [3.63, 3.8) is 0 Å². The highest BCUT2D eigenvalue weighted by Crippen LogP contribution is 2.34. The predicted octanol–water partition coefficient (Wildman–Crippen LogP) is 3.26. The Hall–Kier alpha value is -1.33. The summed E-state index contributed by atoms with van der Waals surface area (Å²) in [4.78, 5) is 10.4. The minimum Gasteiger partial charge on any atom is -0.485 e. The van der Waals surface area contributed by atoms with Gasteiger partial charge in [-0.15, -0.1) is 0 Å². The summed E-state index contributed by atoms with van der Waals surface area (Å²) in [6, 6.07) is 4.91. The third-order valence-corrected chi connectivity index (χ3v) is 2.83. The van der Waals surface area contributed by atoms with Crippen molar-refractivity contribution in [1.82, 2.24) is 5.32 Å². The van der Waals surface area contributed by atoms with Gasteiger partial charge < -0.3 is 10.1 Å². The second kappa shape index (κ2) is 7.31. The second-order valence-corrected chi connectivity index (χ2v) is 5.23. The fourth-order valence-corrected chi connectivity index (χ4v) is 1.73. The number of nitro benzene ring substituents is 1. The zero-order chi connectivity index (χ0) is 14.4. The van der Waals surface area contributed by atoms with Crippen LogP contribution in [0.15, 0.2) is 18.2 Å². The van der Waals surface area contributed by atoms with Gasteiger partial charge in [0.25, 0.3) is 0 Å². The van der Waals surface area contributed by atoms with E-state index in [0.717, 1.165) is 6.54 Å². The molecule has 0 bridgehead atoms. The van der Waals surface area contributed by atoms with Gasteiger partial charge in [-0.3, -0.25) is 10.1 Å². The molecule has 0 aromatic heterocycles. The Balaban J connectivity index is 2.64. The van der Waals surface area contributed by atoms with Crippen molar-refractivity contribution >= 4 is 17.3 Å². The predicted molar refractivity (Wildman–Crippen MR) is 75.9 cm³/mol. The standard InChI is InChI=1S/C13H19ClN2O3/c1-9(2)15-7-10(3)8-19-13-11(14)5-4-6-12(13)16(17)18/h4-6,9-10,15H,7-8H2,1-3H3. The van der Waals surface area contributed by atoms with Gasteiger partial charge in [0.15, 0.2) is 0 Å². The number of benzene rings is 1. The van der Waals surface area contributed by atoms with E-state index in [9.17, 15) is 10.1 Å². The molecule has 0 spiro atoms. The zero-order valence-electron chi connectivity index (χ0n) is 11.4. The van der Waals surface area contributed by atoms with Gasteiger partial charge in [-0.1, -0.05) is 38.4 Å². The summed E-state index contributed by atoms with van der Waals surface area (Å²) in [6.07, 6.45) is 0. The molecule has 1 aromatic rings. The van der Waals surface area contributed by atoms with Crippen molar-refractivity contribution in [3.8, 4) is 5.75 Å². The monoisotopic (exact) mass is 286 g/mol. The van der Waals surface area contributed by atoms with Crippen LogP contribution in [-0.2, 0) is 0 Å². The summed E-state index contributed by atoms with van der Waals surface area (Å²) in [5.41, 5.74) is -0.100. The molecule has 0 aliphatic rings. The molecular weight excluding hydrogens is 268 g/mol. The molecule has 1 atom stereocenters. The van der Waals surface area contributed by atoms with E-state index < -0.39 is 4.92 Å². The van der Waals surface area contributed by atoms with Crippen molar-refractivity contribution < 1.29 is 9.66 Å². The fourth-order valence-electron chi connectivity index (χ4n) is 1.51. The van der Waals surface area contributed by atoms with Crippen LogP contribution in [0.3, 0.4) is 0 Å². The molecule has 0 saturated heterocycles. The van der Waals surface area contributed by atoms with Crippen LogP contribution < -0.4 is 10.1 Å². The van der Waals surface area contributed by atoms with Crippen LogP contribution in [0.1, 0.15) is 20.8 Å². The molecule has 5 nitrogen and oxygen atoms in total. The van der Waals surface area contributed by atoms with Crippen molar-refractivity contribution in [1.29, 1.82) is 0 Å². The summed E-state index contributed by atoms with van der Waals surface area (Å²) in [5, 5.41) is 14.4. The van der Waals surface area contributed by atoms with Crippen molar-refractivity contribution in [2.45, 2.75) is 26.8 Å². The maximum absolute atomic E-state index is 10.9. The van der Waals surface area contributed by atoms with E-state index in [0.29, 0.717) is 12.6 Å². The first-order valence-corrected chi connectivity index (χ1v) is 6.58. The fraction of sp³-hybridized carbons (Fsp3) is 0.538. The minimum atomic E-state index is -0.488. The highest BCUT2D eigenvalue weighted by molar-refractivity contribution is 6.32. The lowest BCUT2D eigenvalue weighted by molar-refractivity contribution is -0.385. The lowest BCUT2D eigenvalue weighted by Crippen LogP contribution is -2.30. The smallest absolute Gasteiger partial charge is 0.312 e. The van der Waals surface area contributed by atoms with Crippen molar-refractivity contribution in [3.05, 3.63) is 33.3 Å². The lowest BCUT2D eigenvalue weighted by atomic mass is 10.2. The van der Waals surface area contributed by atoms with Gasteiger partial charge in [0, 0.05) is 24.6 Å². The summed E-state index contributed by atoms with van der Waals surface area (Å²) in [5.74, 6) is 0.379. The average Bonchev–Trinajstić information content (AvgIpc) is 2.34. The van der Waals surface area contributed by atoms with Gasteiger partial charge in [0.1, 0.15) is 0 Å². The van der Waals surface area contributed by atoms with Crippen LogP contribution in [-0.4, -0.2) is 24.1 Å². The highest BCUT2D eigenvalue weighted by Gasteiger charge is 2.18. The summed E-state index contributed by atoms with van der Waals surface area (Å²) in [6.45, 7) is 7.30. The zero-order valence-corrected chi connectivity index (χ0v) is 12.1. The normalized spacial score (nSPS) is 12.5. The first kappa shape index (κ1) is 15.7. The topological polar surface area (TPSA) is 64.4 Å². The summed E-state index contributed by atoms with van der Waals surface area (Å²) in [7, 11) is 0. The van der Waals surface area contributed by atoms with E-state index in [4.69, 9.17) is 16.3 Å². The maximum atomic E-state index is 10.9. The Morgan fingerprint density at radius 3 is 2.68 bits per heavy atom. The Morgan fingerprint density at radius 1 is 1.42 bits per heavy atom. The number of nitro groups is 1. The van der Waals surface area contributed by atoms with E-state index in [1.54, 1.807) is 6.07 Å². The van der Waals surface area contributed by atoms with Gasteiger partial charge in [0.2, 0.25) is 5.75 Å². The number of ether oxygens (including phenoxy) is 1. The molecule has 6 heteroatoms. The molecule has 1 aromatic carbocycles. The molecule has 0 radical (unpaired) electrons. The lowest BCUT2D eigenvalue weighted by Gasteiger charge is -2.16. The Kier molecular flexibility index (Phi) is 6.05. The molecule has 1 rings (SSSR count). The van der Waals surface area contributed by atoms with E-state index in [1.165, 1.54) is 12.1 Å². The highest BCUT2D eigenvalue weighted by atomic mass is 35.5. The maximum Gasteiger partial charge on any atom is 0.312 e. The number of para-hydroxylation sites is 1. The minimum absolute atomic E-state index is 0.100. The first-order chi connectivity index (χ1) is 8.91. The number of hydrogen-bond acceptors (Lipinski definition) is 4. The van der Waals surface area contributed by atoms with Gasteiger partial charge in [-0.05, 0) is 6.07 Å². The average molecular weight is 287 g/mol. The molecule has 0 aliphatic heterocycles. The van der Waals surface area contributed by atoms with Gasteiger partial charge >= 0.3 is 5.69 Å². The van der Waals surface area contributed by atoms with Crippen LogP contribution in [0.2, 0.25) is 5.02 Å². The van der Waals surface area contributed by atoms with Gasteiger partial charge in [-0.2, -0.15) is 0 Å². The molecule has 1 N–H and O–H groups in total. The van der Waals surface area contributed by atoms with Crippen LogP contribution in [0, 0.1) is 16.0 Å². The molecule has 0 aliphatic carbocycles. The number of rotatable bonds is 7. The molecule has 106 valence electrons. The van der Waals surface area contributed by atoms with E-state index in [1.807, 2.05) is 6.92 Å². The van der Waals surface area contributed by atoms with Crippen molar-refractivity contribution in [2.75, 3.05) is 13.2 Å². The summed E-state index contributed by atoms with van der Waals surface area (Å²) < 4.78 is 5.51. The van der Waals surface area contributed by atoms with Crippen molar-refractivity contribution in [2.24, 2.45) is 5.92 Å². The quantitative estimate of drug-likeness (QED) is 0.617. The Morgan fingerprint density at radius 2 is 2.11 bits per heavy atom. The number of nitrogens with one attached hydrogen (secondary N) is 1. The summed E-state index contributed by atoms with van der Waals surface area (Å²) >= 11 is 5.94. The molecule has 0 saturated carbocycles. The van der Waals surface area contributed by atoms with E-state index >= 15 is 0 Å². The number of halogens is 1. The third-order valence-electron chi connectivity index (χ3n) is 2.53. The Bertz CT molecular complexity index is 438. The van der Waals surface area contributed by atoms with E-state index in [-0.39, 0.29) is 22.4 Å². The molecule has 19 heavy (non-hydrogen) atoms. The van der Waals surface area contributed by atoms with Gasteiger partial charge in [-0.25, -0.2) is 0 Å². The van der Waals surface area contributed by atoms with Crippen LogP contribution >= 0.6 is 11.6 Å². The number of hydrogen-bond donors (Lipinski definition) is 1. The number of nitrogens with zero attached hydrogens (tertiary/aromatic N) is 1. The largest absolute Gasteiger partial charge is 0.485 e. The first-order valence-electron chi connectivity index (χ1n) is 6.21. The molecular formula is C13H19ClN2O3.